The Morgan fingerprint density at radius 2 is 2.32 bits per heavy atom. The predicted octanol–water partition coefficient (Wildman–Crippen LogP) is 3.25. The van der Waals surface area contributed by atoms with Crippen molar-refractivity contribution in [2.24, 2.45) is 5.92 Å². The zero-order chi connectivity index (χ0) is 13.8. The molecule has 1 fully saturated rings. The molecule has 0 aromatic heterocycles. The van der Waals surface area contributed by atoms with E-state index in [1.54, 1.807) is 0 Å². The average Bonchev–Trinajstić information content (AvgIpc) is 3.19. The van der Waals surface area contributed by atoms with Crippen molar-refractivity contribution in [1.82, 2.24) is 5.32 Å². The highest BCUT2D eigenvalue weighted by Crippen LogP contribution is 2.49. The van der Waals surface area contributed by atoms with Gasteiger partial charge in [-0.25, -0.2) is 0 Å². The molecule has 2 rings (SSSR count). The molecule has 0 bridgehead atoms. The lowest BCUT2D eigenvalue weighted by Gasteiger charge is -2.10. The third-order valence-electron chi connectivity index (χ3n) is 3.48. The van der Waals surface area contributed by atoms with Gasteiger partial charge < -0.3 is 5.32 Å². The van der Waals surface area contributed by atoms with E-state index in [0.29, 0.717) is 11.4 Å². The summed E-state index contributed by atoms with van der Waals surface area (Å²) < 4.78 is 0. The van der Waals surface area contributed by atoms with Gasteiger partial charge in [0, 0.05) is 10.9 Å². The lowest BCUT2D eigenvalue weighted by Crippen LogP contribution is -2.35. The molecule has 0 aliphatic heterocycles. The summed E-state index contributed by atoms with van der Waals surface area (Å²) in [5.74, 6) is 0.146. The van der Waals surface area contributed by atoms with Crippen LogP contribution in [0.15, 0.2) is 24.3 Å². The fourth-order valence-electron chi connectivity index (χ4n) is 2.34. The number of hydrogen-bond acceptors (Lipinski definition) is 2. The minimum atomic E-state index is -0.370. The summed E-state index contributed by atoms with van der Waals surface area (Å²) in [5, 5.41) is 12.5. The van der Waals surface area contributed by atoms with Crippen LogP contribution in [0.3, 0.4) is 0 Å². The summed E-state index contributed by atoms with van der Waals surface area (Å²) in [6, 6.07) is 9.39. The first-order valence-corrected chi connectivity index (χ1v) is 6.99. The first-order chi connectivity index (χ1) is 9.17. The van der Waals surface area contributed by atoms with Crippen LogP contribution in [0.4, 0.5) is 0 Å². The van der Waals surface area contributed by atoms with Crippen LogP contribution in [0.25, 0.3) is 0 Å². The summed E-state index contributed by atoms with van der Waals surface area (Å²) in [4.78, 5) is 12.0. The van der Waals surface area contributed by atoms with E-state index in [0.717, 1.165) is 18.4 Å². The quantitative estimate of drug-likeness (QED) is 0.897. The van der Waals surface area contributed by atoms with Crippen molar-refractivity contribution in [3.8, 4) is 6.07 Å². The van der Waals surface area contributed by atoms with Gasteiger partial charge in [0.15, 0.2) is 0 Å². The van der Waals surface area contributed by atoms with Gasteiger partial charge in [0.25, 0.3) is 0 Å². The highest BCUT2D eigenvalue weighted by atomic mass is 35.5. The molecule has 3 unspecified atom stereocenters. The summed E-state index contributed by atoms with van der Waals surface area (Å²) in [7, 11) is 0. The number of carbonyl (C=O) groups is 1. The fourth-order valence-corrected chi connectivity index (χ4v) is 2.62. The van der Waals surface area contributed by atoms with Crippen molar-refractivity contribution >= 4 is 17.5 Å². The molecule has 3 atom stereocenters. The summed E-state index contributed by atoms with van der Waals surface area (Å²) >= 11 is 6.13. The molecule has 4 heteroatoms. The topological polar surface area (TPSA) is 52.9 Å². The molecule has 1 aromatic rings. The lowest BCUT2D eigenvalue weighted by molar-refractivity contribution is -0.122. The molecule has 0 heterocycles. The Balaban J connectivity index is 1.94. The van der Waals surface area contributed by atoms with E-state index < -0.39 is 0 Å². The Hall–Kier alpha value is -1.53. The van der Waals surface area contributed by atoms with E-state index in [1.807, 2.05) is 31.2 Å². The first kappa shape index (κ1) is 13.9. The van der Waals surface area contributed by atoms with Crippen LogP contribution >= 0.6 is 11.6 Å². The van der Waals surface area contributed by atoms with Gasteiger partial charge in [0.05, 0.1) is 6.07 Å². The van der Waals surface area contributed by atoms with E-state index in [9.17, 15) is 4.79 Å². The standard InChI is InChI=1S/C15H17ClN2O/c1-2-5-10(9-17)18-15(19)13-8-12(13)11-6-3-4-7-14(11)16/h3-4,6-7,10,12-13H,2,5,8H2,1H3,(H,18,19). The third kappa shape index (κ3) is 3.27. The van der Waals surface area contributed by atoms with Crippen molar-refractivity contribution in [1.29, 1.82) is 5.26 Å². The second kappa shape index (κ2) is 6.08. The molecular formula is C15H17ClN2O. The van der Waals surface area contributed by atoms with Crippen LogP contribution < -0.4 is 5.32 Å². The molecule has 1 aliphatic carbocycles. The lowest BCUT2D eigenvalue weighted by atomic mass is 10.1. The van der Waals surface area contributed by atoms with Crippen LogP contribution in [0.5, 0.6) is 0 Å². The Labute approximate surface area is 118 Å². The molecule has 3 nitrogen and oxygen atoms in total. The number of hydrogen-bond donors (Lipinski definition) is 1. The molecule has 0 saturated heterocycles. The average molecular weight is 277 g/mol. The Bertz CT molecular complexity index is 509. The van der Waals surface area contributed by atoms with Crippen molar-refractivity contribution in [3.63, 3.8) is 0 Å². The number of rotatable bonds is 5. The van der Waals surface area contributed by atoms with Gasteiger partial charge in [0.2, 0.25) is 5.91 Å². The molecule has 1 aliphatic rings. The molecule has 1 saturated carbocycles. The maximum Gasteiger partial charge on any atom is 0.224 e. The van der Waals surface area contributed by atoms with Crippen molar-refractivity contribution in [2.75, 3.05) is 0 Å². The predicted molar refractivity (Wildman–Crippen MR) is 74.8 cm³/mol. The summed E-state index contributed by atoms with van der Waals surface area (Å²) in [6.07, 6.45) is 2.41. The van der Waals surface area contributed by atoms with Crippen molar-refractivity contribution in [2.45, 2.75) is 38.1 Å². The van der Waals surface area contributed by atoms with Gasteiger partial charge >= 0.3 is 0 Å². The molecule has 1 amide bonds. The van der Waals surface area contributed by atoms with Crippen molar-refractivity contribution < 1.29 is 4.79 Å². The summed E-state index contributed by atoms with van der Waals surface area (Å²) in [5.41, 5.74) is 1.04. The monoisotopic (exact) mass is 276 g/mol. The fraction of sp³-hybridized carbons (Fsp3) is 0.467. The maximum absolute atomic E-state index is 12.0. The number of carbonyl (C=O) groups excluding carboxylic acids is 1. The molecule has 1 N–H and O–H groups in total. The molecule has 19 heavy (non-hydrogen) atoms. The Morgan fingerprint density at radius 3 is 2.95 bits per heavy atom. The van der Waals surface area contributed by atoms with Gasteiger partial charge in [0.1, 0.15) is 6.04 Å². The van der Waals surface area contributed by atoms with Crippen LogP contribution in [-0.2, 0) is 4.79 Å². The molecule has 1 aromatic carbocycles. The first-order valence-electron chi connectivity index (χ1n) is 6.61. The van der Waals surface area contributed by atoms with E-state index in [1.165, 1.54) is 0 Å². The van der Waals surface area contributed by atoms with Gasteiger partial charge in [-0.05, 0) is 30.4 Å². The van der Waals surface area contributed by atoms with Crippen LogP contribution in [0.2, 0.25) is 5.02 Å². The van der Waals surface area contributed by atoms with Crippen LogP contribution in [0.1, 0.15) is 37.7 Å². The number of nitrogens with one attached hydrogen (secondary N) is 1. The number of benzene rings is 1. The number of nitriles is 1. The van der Waals surface area contributed by atoms with Gasteiger partial charge in [-0.1, -0.05) is 43.1 Å². The van der Waals surface area contributed by atoms with E-state index in [4.69, 9.17) is 16.9 Å². The Morgan fingerprint density at radius 1 is 1.58 bits per heavy atom. The van der Waals surface area contributed by atoms with Gasteiger partial charge in [-0.3, -0.25) is 4.79 Å². The second-order valence-electron chi connectivity index (χ2n) is 4.95. The third-order valence-corrected chi connectivity index (χ3v) is 3.83. The largest absolute Gasteiger partial charge is 0.340 e. The Kier molecular flexibility index (Phi) is 4.44. The normalized spacial score (nSPS) is 22.4. The van der Waals surface area contributed by atoms with E-state index in [2.05, 4.69) is 11.4 Å². The van der Waals surface area contributed by atoms with Crippen LogP contribution in [-0.4, -0.2) is 11.9 Å². The van der Waals surface area contributed by atoms with Gasteiger partial charge in [-0.2, -0.15) is 5.26 Å². The maximum atomic E-state index is 12.0. The second-order valence-corrected chi connectivity index (χ2v) is 5.36. The smallest absolute Gasteiger partial charge is 0.224 e. The molecular weight excluding hydrogens is 260 g/mol. The van der Waals surface area contributed by atoms with Crippen LogP contribution in [0, 0.1) is 17.2 Å². The van der Waals surface area contributed by atoms with Crippen molar-refractivity contribution in [3.05, 3.63) is 34.9 Å². The minimum Gasteiger partial charge on any atom is -0.340 e. The zero-order valence-electron chi connectivity index (χ0n) is 10.9. The highest BCUT2D eigenvalue weighted by Gasteiger charge is 2.45. The summed E-state index contributed by atoms with van der Waals surface area (Å²) in [6.45, 7) is 2.00. The van der Waals surface area contributed by atoms with E-state index in [-0.39, 0.29) is 23.8 Å². The number of nitrogens with zero attached hydrogens (tertiary/aromatic N) is 1. The highest BCUT2D eigenvalue weighted by molar-refractivity contribution is 6.31. The molecule has 0 spiro atoms. The van der Waals surface area contributed by atoms with E-state index >= 15 is 0 Å². The molecule has 0 radical (unpaired) electrons. The number of halogens is 1. The minimum absolute atomic E-state index is 0.0232. The number of amides is 1. The SMILES string of the molecule is CCCC(C#N)NC(=O)C1CC1c1ccccc1Cl. The zero-order valence-corrected chi connectivity index (χ0v) is 11.7. The molecule has 100 valence electrons. The van der Waals surface area contributed by atoms with Gasteiger partial charge in [-0.15, -0.1) is 0 Å².